The van der Waals surface area contributed by atoms with Crippen molar-refractivity contribution in [2.24, 2.45) is 0 Å². The van der Waals surface area contributed by atoms with Gasteiger partial charge in [0.1, 0.15) is 11.4 Å². The Balaban J connectivity index is 2.61. The molecule has 110 valence electrons. The van der Waals surface area contributed by atoms with Crippen molar-refractivity contribution in [3.63, 3.8) is 0 Å². The molecule has 0 saturated carbocycles. The highest BCUT2D eigenvalue weighted by Crippen LogP contribution is 2.22. The molecular formula is C13H17ClN2O4. The van der Waals surface area contributed by atoms with Crippen LogP contribution in [-0.4, -0.2) is 24.7 Å². The van der Waals surface area contributed by atoms with Crippen LogP contribution in [0.3, 0.4) is 0 Å². The molecule has 20 heavy (non-hydrogen) atoms. The SMILES string of the molecule is COc1ccc(C(=O)NNC(=O)OC(C)(C)C)c(Cl)c1. The summed E-state index contributed by atoms with van der Waals surface area (Å²) in [6.07, 6.45) is -0.754. The van der Waals surface area contributed by atoms with Crippen molar-refractivity contribution in [3.8, 4) is 5.75 Å². The molecule has 0 bridgehead atoms. The van der Waals surface area contributed by atoms with E-state index in [9.17, 15) is 9.59 Å². The van der Waals surface area contributed by atoms with E-state index in [-0.39, 0.29) is 10.6 Å². The van der Waals surface area contributed by atoms with Gasteiger partial charge in [0.05, 0.1) is 17.7 Å². The van der Waals surface area contributed by atoms with Gasteiger partial charge in [0.25, 0.3) is 5.91 Å². The lowest BCUT2D eigenvalue weighted by Crippen LogP contribution is -2.44. The normalized spacial score (nSPS) is 10.7. The molecular weight excluding hydrogens is 284 g/mol. The molecule has 1 rings (SSSR count). The Morgan fingerprint density at radius 2 is 1.85 bits per heavy atom. The summed E-state index contributed by atoms with van der Waals surface area (Å²) in [6, 6.07) is 4.59. The second-order valence-electron chi connectivity index (χ2n) is 4.93. The maximum absolute atomic E-state index is 11.8. The zero-order valence-electron chi connectivity index (χ0n) is 11.7. The minimum absolute atomic E-state index is 0.212. The van der Waals surface area contributed by atoms with Gasteiger partial charge < -0.3 is 9.47 Å². The highest BCUT2D eigenvalue weighted by Gasteiger charge is 2.17. The van der Waals surface area contributed by atoms with E-state index in [1.54, 1.807) is 26.8 Å². The summed E-state index contributed by atoms with van der Waals surface area (Å²) in [6.45, 7) is 5.15. The molecule has 0 spiro atoms. The van der Waals surface area contributed by atoms with Crippen molar-refractivity contribution in [1.82, 2.24) is 10.9 Å². The van der Waals surface area contributed by atoms with Crippen LogP contribution in [-0.2, 0) is 4.74 Å². The number of benzene rings is 1. The number of hydrazine groups is 1. The molecule has 0 radical (unpaired) electrons. The van der Waals surface area contributed by atoms with Gasteiger partial charge in [-0.3, -0.25) is 10.2 Å². The predicted molar refractivity (Wildman–Crippen MR) is 74.8 cm³/mol. The highest BCUT2D eigenvalue weighted by atomic mass is 35.5. The zero-order chi connectivity index (χ0) is 15.3. The molecule has 2 amide bonds. The van der Waals surface area contributed by atoms with E-state index >= 15 is 0 Å². The van der Waals surface area contributed by atoms with Crippen LogP contribution in [0.15, 0.2) is 18.2 Å². The largest absolute Gasteiger partial charge is 0.497 e. The Morgan fingerprint density at radius 1 is 1.20 bits per heavy atom. The number of carbonyl (C=O) groups excluding carboxylic acids is 2. The van der Waals surface area contributed by atoms with Crippen molar-refractivity contribution < 1.29 is 19.1 Å². The van der Waals surface area contributed by atoms with Gasteiger partial charge in [-0.05, 0) is 39.0 Å². The Labute approximate surface area is 122 Å². The van der Waals surface area contributed by atoms with E-state index in [1.807, 2.05) is 0 Å². The van der Waals surface area contributed by atoms with E-state index in [2.05, 4.69) is 10.9 Å². The standard InChI is InChI=1S/C13H17ClN2O4/c1-13(2,3)20-12(18)16-15-11(17)9-6-5-8(19-4)7-10(9)14/h5-7H,1-4H3,(H,15,17)(H,16,18). The third-order valence-electron chi connectivity index (χ3n) is 2.10. The van der Waals surface area contributed by atoms with Crippen LogP contribution < -0.4 is 15.6 Å². The molecule has 7 heteroatoms. The Bertz CT molecular complexity index is 512. The minimum Gasteiger partial charge on any atom is -0.497 e. The molecule has 2 N–H and O–H groups in total. The van der Waals surface area contributed by atoms with Crippen molar-refractivity contribution in [2.45, 2.75) is 26.4 Å². The van der Waals surface area contributed by atoms with Crippen LogP contribution in [0.4, 0.5) is 4.79 Å². The minimum atomic E-state index is -0.754. The molecule has 0 heterocycles. The summed E-state index contributed by atoms with van der Waals surface area (Å²) in [4.78, 5) is 23.2. The first kappa shape index (κ1) is 16.1. The smallest absolute Gasteiger partial charge is 0.426 e. The summed E-state index contributed by atoms with van der Waals surface area (Å²) in [5.41, 5.74) is 3.92. The van der Waals surface area contributed by atoms with Gasteiger partial charge in [-0.25, -0.2) is 10.2 Å². The number of hydrogen-bond acceptors (Lipinski definition) is 4. The number of carbonyl (C=O) groups is 2. The average Bonchev–Trinajstić information content (AvgIpc) is 2.33. The highest BCUT2D eigenvalue weighted by molar-refractivity contribution is 6.34. The number of rotatable bonds is 2. The second-order valence-corrected chi connectivity index (χ2v) is 5.33. The quantitative estimate of drug-likeness (QED) is 0.823. The van der Waals surface area contributed by atoms with Crippen molar-refractivity contribution in [1.29, 1.82) is 0 Å². The fourth-order valence-corrected chi connectivity index (χ4v) is 1.54. The zero-order valence-corrected chi connectivity index (χ0v) is 12.5. The Hall–Kier alpha value is -1.95. The molecule has 0 aliphatic carbocycles. The van der Waals surface area contributed by atoms with Crippen molar-refractivity contribution in [2.75, 3.05) is 7.11 Å². The van der Waals surface area contributed by atoms with Crippen LogP contribution in [0.5, 0.6) is 5.75 Å². The molecule has 0 saturated heterocycles. The van der Waals surface area contributed by atoms with Gasteiger partial charge in [0.15, 0.2) is 0 Å². The molecule has 0 atom stereocenters. The van der Waals surface area contributed by atoms with Gasteiger partial charge in [-0.15, -0.1) is 0 Å². The number of amides is 2. The number of halogens is 1. The lowest BCUT2D eigenvalue weighted by Gasteiger charge is -2.19. The van der Waals surface area contributed by atoms with Crippen LogP contribution in [0.25, 0.3) is 0 Å². The van der Waals surface area contributed by atoms with Gasteiger partial charge in [0.2, 0.25) is 0 Å². The topological polar surface area (TPSA) is 76.7 Å². The van der Waals surface area contributed by atoms with Crippen LogP contribution >= 0.6 is 11.6 Å². The monoisotopic (exact) mass is 300 g/mol. The molecule has 6 nitrogen and oxygen atoms in total. The molecule has 1 aromatic rings. The van der Waals surface area contributed by atoms with Crippen LogP contribution in [0.2, 0.25) is 5.02 Å². The maximum Gasteiger partial charge on any atom is 0.426 e. The van der Waals surface area contributed by atoms with E-state index in [0.717, 1.165) is 0 Å². The Kier molecular flexibility index (Phi) is 5.21. The number of methoxy groups -OCH3 is 1. The first-order chi connectivity index (χ1) is 9.23. The van der Waals surface area contributed by atoms with E-state index < -0.39 is 17.6 Å². The molecule has 0 aliphatic rings. The van der Waals surface area contributed by atoms with E-state index in [1.165, 1.54) is 19.2 Å². The summed E-state index contributed by atoms with van der Waals surface area (Å²) in [7, 11) is 1.50. The lowest BCUT2D eigenvalue weighted by molar-refractivity contribution is 0.0483. The third-order valence-corrected chi connectivity index (χ3v) is 2.41. The summed E-state index contributed by atoms with van der Waals surface area (Å²) in [5.74, 6) is -0.0184. The molecule has 0 aromatic heterocycles. The molecule has 0 unspecified atom stereocenters. The van der Waals surface area contributed by atoms with Gasteiger partial charge in [-0.1, -0.05) is 11.6 Å². The van der Waals surface area contributed by atoms with Crippen molar-refractivity contribution >= 4 is 23.6 Å². The van der Waals surface area contributed by atoms with Crippen LogP contribution in [0.1, 0.15) is 31.1 Å². The van der Waals surface area contributed by atoms with E-state index in [4.69, 9.17) is 21.1 Å². The average molecular weight is 301 g/mol. The van der Waals surface area contributed by atoms with E-state index in [0.29, 0.717) is 5.75 Å². The third kappa shape index (κ3) is 4.97. The molecule has 0 aliphatic heterocycles. The Morgan fingerprint density at radius 3 is 2.35 bits per heavy atom. The lowest BCUT2D eigenvalue weighted by atomic mass is 10.2. The first-order valence-electron chi connectivity index (χ1n) is 5.86. The van der Waals surface area contributed by atoms with Crippen molar-refractivity contribution in [3.05, 3.63) is 28.8 Å². The summed E-state index contributed by atoms with van der Waals surface area (Å²) >= 11 is 5.94. The summed E-state index contributed by atoms with van der Waals surface area (Å²) < 4.78 is 9.95. The first-order valence-corrected chi connectivity index (χ1v) is 6.23. The molecule has 0 fully saturated rings. The fraction of sp³-hybridized carbons (Fsp3) is 0.385. The number of hydrogen-bond donors (Lipinski definition) is 2. The number of ether oxygens (including phenoxy) is 2. The predicted octanol–water partition coefficient (Wildman–Crippen LogP) is 2.52. The van der Waals surface area contributed by atoms with Gasteiger partial charge in [0, 0.05) is 0 Å². The fourth-order valence-electron chi connectivity index (χ4n) is 1.29. The maximum atomic E-state index is 11.8. The number of nitrogens with one attached hydrogen (secondary N) is 2. The van der Waals surface area contributed by atoms with Crippen LogP contribution in [0, 0.1) is 0 Å². The van der Waals surface area contributed by atoms with Gasteiger partial charge >= 0.3 is 6.09 Å². The van der Waals surface area contributed by atoms with Gasteiger partial charge in [-0.2, -0.15) is 0 Å². The summed E-state index contributed by atoms with van der Waals surface area (Å²) in [5, 5.41) is 0.216. The second kappa shape index (κ2) is 6.47. The molecule has 1 aromatic carbocycles.